The molecule has 0 saturated carbocycles. The molecule has 6 nitrogen and oxygen atoms in total. The highest BCUT2D eigenvalue weighted by Gasteiger charge is 2.36. The number of likely N-dealkylation sites (tertiary alicyclic amines) is 1. The van der Waals surface area contributed by atoms with E-state index in [1.54, 1.807) is 17.4 Å². The average Bonchev–Trinajstić information content (AvgIpc) is 3.25. The van der Waals surface area contributed by atoms with Crippen LogP contribution in [0.25, 0.3) is 10.2 Å². The zero-order valence-corrected chi connectivity index (χ0v) is 16.3. The van der Waals surface area contributed by atoms with Gasteiger partial charge in [-0.05, 0) is 31.0 Å². The van der Waals surface area contributed by atoms with E-state index < -0.39 is 30.7 Å². The zero-order chi connectivity index (χ0) is 20.5. The van der Waals surface area contributed by atoms with E-state index in [4.69, 9.17) is 0 Å². The SMILES string of the molecule is CC(C)c1nc2ccc(NC(=O)N3CCCC3C(=O)NCC(F)(F)F)cc2s1. The third kappa shape index (κ3) is 4.73. The predicted octanol–water partition coefficient (Wildman–Crippen LogP) is 4.09. The molecule has 1 aromatic carbocycles. The molecule has 2 N–H and O–H groups in total. The Bertz CT molecular complexity index is 881. The maximum Gasteiger partial charge on any atom is 0.405 e. The number of hydrogen-bond donors (Lipinski definition) is 2. The third-order valence-electron chi connectivity index (χ3n) is 4.43. The van der Waals surface area contributed by atoms with Crippen molar-refractivity contribution in [2.24, 2.45) is 0 Å². The van der Waals surface area contributed by atoms with E-state index in [2.05, 4.69) is 24.1 Å². The number of hydrogen-bond acceptors (Lipinski definition) is 4. The van der Waals surface area contributed by atoms with Gasteiger partial charge in [-0.1, -0.05) is 13.8 Å². The molecule has 3 rings (SSSR count). The minimum absolute atomic E-state index is 0.302. The molecule has 1 aromatic heterocycles. The van der Waals surface area contributed by atoms with Gasteiger partial charge in [-0.15, -0.1) is 11.3 Å². The summed E-state index contributed by atoms with van der Waals surface area (Å²) in [5.41, 5.74) is 1.40. The highest BCUT2D eigenvalue weighted by Crippen LogP contribution is 2.29. The van der Waals surface area contributed by atoms with Gasteiger partial charge in [0.2, 0.25) is 5.91 Å². The van der Waals surface area contributed by atoms with Gasteiger partial charge in [0.1, 0.15) is 12.6 Å². The summed E-state index contributed by atoms with van der Waals surface area (Å²) < 4.78 is 37.9. The number of rotatable bonds is 4. The van der Waals surface area contributed by atoms with Gasteiger partial charge >= 0.3 is 12.2 Å². The van der Waals surface area contributed by atoms with Gasteiger partial charge < -0.3 is 15.5 Å². The number of benzene rings is 1. The first-order valence-electron chi connectivity index (χ1n) is 8.96. The number of anilines is 1. The van der Waals surface area contributed by atoms with Crippen LogP contribution in [0.1, 0.15) is 37.6 Å². The molecule has 0 spiro atoms. The number of carbonyl (C=O) groups is 2. The Morgan fingerprint density at radius 2 is 2.11 bits per heavy atom. The number of fused-ring (bicyclic) bond motifs is 1. The van der Waals surface area contributed by atoms with Crippen molar-refractivity contribution in [3.8, 4) is 0 Å². The number of halogens is 3. The number of urea groups is 1. The van der Waals surface area contributed by atoms with Crippen LogP contribution in [-0.4, -0.2) is 47.1 Å². The molecule has 1 aliphatic heterocycles. The van der Waals surface area contributed by atoms with Gasteiger partial charge in [-0.25, -0.2) is 9.78 Å². The van der Waals surface area contributed by atoms with Crippen molar-refractivity contribution < 1.29 is 22.8 Å². The van der Waals surface area contributed by atoms with Crippen molar-refractivity contribution >= 4 is 39.2 Å². The molecule has 1 unspecified atom stereocenters. The Morgan fingerprint density at radius 1 is 1.36 bits per heavy atom. The molecular weight excluding hydrogens is 393 g/mol. The van der Waals surface area contributed by atoms with Gasteiger partial charge in [-0.2, -0.15) is 13.2 Å². The number of nitrogens with zero attached hydrogens (tertiary/aromatic N) is 2. The van der Waals surface area contributed by atoms with E-state index in [1.165, 1.54) is 4.90 Å². The molecule has 2 aromatic rings. The second kappa shape index (κ2) is 7.94. The van der Waals surface area contributed by atoms with E-state index in [-0.39, 0.29) is 0 Å². The average molecular weight is 414 g/mol. The van der Waals surface area contributed by atoms with Gasteiger partial charge in [0.25, 0.3) is 0 Å². The largest absolute Gasteiger partial charge is 0.405 e. The third-order valence-corrected chi connectivity index (χ3v) is 5.75. The fraction of sp³-hybridized carbons (Fsp3) is 0.500. The lowest BCUT2D eigenvalue weighted by atomic mass is 10.2. The first-order valence-corrected chi connectivity index (χ1v) is 9.78. The lowest BCUT2D eigenvalue weighted by Gasteiger charge is -2.24. The van der Waals surface area contributed by atoms with E-state index in [0.29, 0.717) is 31.0 Å². The van der Waals surface area contributed by atoms with Gasteiger partial charge in [0, 0.05) is 18.2 Å². The minimum Gasteiger partial charge on any atom is -0.345 e. The lowest BCUT2D eigenvalue weighted by molar-refractivity contribution is -0.140. The molecule has 3 amide bonds. The summed E-state index contributed by atoms with van der Waals surface area (Å²) in [6.07, 6.45) is -3.59. The fourth-order valence-corrected chi connectivity index (χ4v) is 4.06. The van der Waals surface area contributed by atoms with Crippen LogP contribution in [0.5, 0.6) is 0 Å². The van der Waals surface area contributed by atoms with Crippen LogP contribution < -0.4 is 10.6 Å². The van der Waals surface area contributed by atoms with Crippen molar-refractivity contribution in [1.29, 1.82) is 0 Å². The topological polar surface area (TPSA) is 74.3 Å². The molecule has 0 aliphatic carbocycles. The van der Waals surface area contributed by atoms with Crippen molar-refractivity contribution in [3.05, 3.63) is 23.2 Å². The second-order valence-corrected chi connectivity index (χ2v) is 8.07. The van der Waals surface area contributed by atoms with E-state index >= 15 is 0 Å². The van der Waals surface area contributed by atoms with Crippen molar-refractivity contribution in [2.75, 3.05) is 18.4 Å². The molecule has 1 fully saturated rings. The Morgan fingerprint density at radius 3 is 2.79 bits per heavy atom. The Labute approximate surface area is 164 Å². The normalized spacial score (nSPS) is 17.4. The minimum atomic E-state index is -4.49. The number of alkyl halides is 3. The van der Waals surface area contributed by atoms with Crippen LogP contribution in [0, 0.1) is 0 Å². The first-order chi connectivity index (χ1) is 13.1. The summed E-state index contributed by atoms with van der Waals surface area (Å²) in [7, 11) is 0. The summed E-state index contributed by atoms with van der Waals surface area (Å²) in [6, 6.07) is 3.94. The standard InChI is InChI=1S/C18H21F3N4O2S/c1-10(2)16-24-12-6-5-11(8-14(12)28-16)23-17(27)25-7-3-4-13(25)15(26)22-9-18(19,20)21/h5-6,8,10,13H,3-4,7,9H2,1-2H3,(H,22,26)(H,23,27). The Kier molecular flexibility index (Phi) is 5.78. The maximum atomic E-state index is 12.6. The predicted molar refractivity (Wildman–Crippen MR) is 102 cm³/mol. The van der Waals surface area contributed by atoms with Gasteiger partial charge in [0.15, 0.2) is 0 Å². The first kappa shape index (κ1) is 20.4. The summed E-state index contributed by atoms with van der Waals surface area (Å²) >= 11 is 1.55. The Hall–Kier alpha value is -2.36. The molecule has 28 heavy (non-hydrogen) atoms. The van der Waals surface area contributed by atoms with Crippen LogP contribution in [-0.2, 0) is 4.79 Å². The number of thiazole rings is 1. The molecule has 152 valence electrons. The molecule has 1 aliphatic rings. The number of carbonyl (C=O) groups excluding carboxylic acids is 2. The van der Waals surface area contributed by atoms with E-state index in [0.717, 1.165) is 15.2 Å². The quantitative estimate of drug-likeness (QED) is 0.791. The smallest absolute Gasteiger partial charge is 0.345 e. The molecule has 0 radical (unpaired) electrons. The van der Waals surface area contributed by atoms with Crippen LogP contribution in [0.15, 0.2) is 18.2 Å². The maximum absolute atomic E-state index is 12.6. The van der Waals surface area contributed by atoms with Crippen LogP contribution in [0.4, 0.5) is 23.7 Å². The molecule has 1 saturated heterocycles. The second-order valence-electron chi connectivity index (χ2n) is 7.00. The highest BCUT2D eigenvalue weighted by atomic mass is 32.1. The molecule has 10 heteroatoms. The summed E-state index contributed by atoms with van der Waals surface area (Å²) in [5.74, 6) is -0.486. The molecule has 2 heterocycles. The van der Waals surface area contributed by atoms with Gasteiger partial charge in [-0.3, -0.25) is 4.79 Å². The van der Waals surface area contributed by atoms with Crippen molar-refractivity contribution in [2.45, 2.75) is 44.8 Å². The lowest BCUT2D eigenvalue weighted by Crippen LogP contribution is -2.49. The summed E-state index contributed by atoms with van der Waals surface area (Å²) in [5, 5.41) is 5.59. The van der Waals surface area contributed by atoms with E-state index in [9.17, 15) is 22.8 Å². The van der Waals surface area contributed by atoms with Gasteiger partial charge in [0.05, 0.1) is 15.2 Å². The Balaban J connectivity index is 1.67. The van der Waals surface area contributed by atoms with Crippen molar-refractivity contribution in [1.82, 2.24) is 15.2 Å². The van der Waals surface area contributed by atoms with Crippen LogP contribution in [0.2, 0.25) is 0 Å². The highest BCUT2D eigenvalue weighted by molar-refractivity contribution is 7.18. The van der Waals surface area contributed by atoms with Crippen molar-refractivity contribution in [3.63, 3.8) is 0 Å². The number of amides is 3. The van der Waals surface area contributed by atoms with E-state index in [1.807, 2.05) is 17.4 Å². The molecule has 0 bridgehead atoms. The monoisotopic (exact) mass is 414 g/mol. The van der Waals surface area contributed by atoms with Crippen LogP contribution >= 0.6 is 11.3 Å². The fourth-order valence-electron chi connectivity index (χ4n) is 3.05. The summed E-state index contributed by atoms with van der Waals surface area (Å²) in [4.78, 5) is 30.5. The van der Waals surface area contributed by atoms with Crippen LogP contribution in [0.3, 0.4) is 0 Å². The zero-order valence-electron chi connectivity index (χ0n) is 15.5. The molecule has 1 atom stereocenters. The summed E-state index contributed by atoms with van der Waals surface area (Å²) in [6.45, 7) is 3.02. The molecular formula is C18H21F3N4O2S. The number of nitrogens with one attached hydrogen (secondary N) is 2. The number of aromatic nitrogens is 1.